The van der Waals surface area contributed by atoms with Gasteiger partial charge in [-0.3, -0.25) is 4.90 Å². The van der Waals surface area contributed by atoms with Gasteiger partial charge in [-0.1, -0.05) is 12.1 Å². The van der Waals surface area contributed by atoms with Crippen molar-refractivity contribution >= 4 is 15.7 Å². The van der Waals surface area contributed by atoms with Gasteiger partial charge in [0.05, 0.1) is 12.0 Å². The van der Waals surface area contributed by atoms with Crippen LogP contribution in [-0.2, 0) is 10.0 Å². The van der Waals surface area contributed by atoms with Crippen molar-refractivity contribution in [3.63, 3.8) is 0 Å². The van der Waals surface area contributed by atoms with E-state index >= 15 is 0 Å². The maximum Gasteiger partial charge on any atom is 0.240 e. The summed E-state index contributed by atoms with van der Waals surface area (Å²) in [6.45, 7) is 7.75. The molecule has 0 saturated carbocycles. The summed E-state index contributed by atoms with van der Waals surface area (Å²) in [5.74, 6) is 0.645. The molecule has 7 heteroatoms. The summed E-state index contributed by atoms with van der Waals surface area (Å²) in [7, 11) is -1.90. The van der Waals surface area contributed by atoms with Crippen molar-refractivity contribution in [2.24, 2.45) is 0 Å². The highest BCUT2D eigenvalue weighted by Crippen LogP contribution is 2.18. The van der Waals surface area contributed by atoms with Gasteiger partial charge in [0.25, 0.3) is 0 Å². The third kappa shape index (κ3) is 6.19. The number of benzene rings is 2. The third-order valence-electron chi connectivity index (χ3n) is 5.30. The number of methoxy groups -OCH3 is 1. The van der Waals surface area contributed by atoms with Crippen LogP contribution in [0.5, 0.6) is 5.75 Å². The molecule has 0 aliphatic carbocycles. The molecule has 6 nitrogen and oxygen atoms in total. The molecular formula is C22H31N3O3S. The summed E-state index contributed by atoms with van der Waals surface area (Å²) >= 11 is 0. The fraction of sp³-hybridized carbons (Fsp3) is 0.455. The van der Waals surface area contributed by atoms with Gasteiger partial charge in [-0.25, -0.2) is 13.1 Å². The van der Waals surface area contributed by atoms with Crippen LogP contribution < -0.4 is 14.4 Å². The van der Waals surface area contributed by atoms with Gasteiger partial charge in [0.2, 0.25) is 10.0 Å². The first-order valence-corrected chi connectivity index (χ1v) is 11.6. The van der Waals surface area contributed by atoms with Crippen molar-refractivity contribution in [3.05, 3.63) is 54.1 Å². The largest absolute Gasteiger partial charge is 0.497 e. The topological polar surface area (TPSA) is 61.9 Å². The number of hydrogen-bond donors (Lipinski definition) is 1. The molecular weight excluding hydrogens is 386 g/mol. The average Bonchev–Trinajstić information content (AvgIpc) is 2.74. The highest BCUT2D eigenvalue weighted by molar-refractivity contribution is 7.89. The molecule has 29 heavy (non-hydrogen) atoms. The van der Waals surface area contributed by atoms with Crippen LogP contribution in [0.4, 0.5) is 5.69 Å². The Kier molecular flexibility index (Phi) is 7.52. The van der Waals surface area contributed by atoms with E-state index in [2.05, 4.69) is 45.7 Å². The molecule has 0 aromatic heterocycles. The summed E-state index contributed by atoms with van der Waals surface area (Å²) in [6, 6.07) is 15.1. The Morgan fingerprint density at radius 3 is 2.38 bits per heavy atom. The smallest absolute Gasteiger partial charge is 0.240 e. The minimum absolute atomic E-state index is 0.269. The lowest BCUT2D eigenvalue weighted by Gasteiger charge is -2.36. The Bertz CT molecular complexity index is 876. The first kappa shape index (κ1) is 21.6. The van der Waals surface area contributed by atoms with E-state index in [1.54, 1.807) is 31.4 Å². The highest BCUT2D eigenvalue weighted by Gasteiger charge is 2.17. The second-order valence-corrected chi connectivity index (χ2v) is 9.22. The summed E-state index contributed by atoms with van der Waals surface area (Å²) < 4.78 is 32.4. The van der Waals surface area contributed by atoms with E-state index in [0.29, 0.717) is 12.3 Å². The van der Waals surface area contributed by atoms with Gasteiger partial charge in [0.1, 0.15) is 5.75 Å². The van der Waals surface area contributed by atoms with E-state index in [4.69, 9.17) is 4.74 Å². The van der Waals surface area contributed by atoms with Gasteiger partial charge in [-0.2, -0.15) is 0 Å². The summed E-state index contributed by atoms with van der Waals surface area (Å²) in [4.78, 5) is 5.17. The quantitative estimate of drug-likeness (QED) is 0.636. The van der Waals surface area contributed by atoms with Crippen molar-refractivity contribution in [2.45, 2.75) is 24.7 Å². The minimum atomic E-state index is -3.46. The number of aryl methyl sites for hydroxylation is 1. The van der Waals surface area contributed by atoms with Crippen LogP contribution in [0, 0.1) is 6.92 Å². The number of piperazine rings is 1. The Morgan fingerprint density at radius 1 is 1.00 bits per heavy atom. The standard InChI is InChI=1S/C22H31N3O3S/c1-19-6-5-7-20(18-19)25-16-14-24(15-17-25)13-4-3-12-23-29(26,27)22-10-8-21(28-2)9-11-22/h5-11,18,23H,3-4,12-17H2,1-2H3. The first-order chi connectivity index (χ1) is 14.0. The van der Waals surface area contributed by atoms with E-state index in [1.807, 2.05) is 0 Å². The van der Waals surface area contributed by atoms with Gasteiger partial charge < -0.3 is 9.64 Å². The molecule has 0 radical (unpaired) electrons. The second kappa shape index (κ2) is 10.1. The van der Waals surface area contributed by atoms with Crippen molar-refractivity contribution in [1.29, 1.82) is 0 Å². The van der Waals surface area contributed by atoms with Crippen LogP contribution in [0.2, 0.25) is 0 Å². The molecule has 1 fully saturated rings. The number of sulfonamides is 1. The van der Waals surface area contributed by atoms with E-state index in [9.17, 15) is 8.42 Å². The van der Waals surface area contributed by atoms with Gasteiger partial charge in [-0.15, -0.1) is 0 Å². The zero-order chi connectivity index (χ0) is 20.7. The average molecular weight is 418 g/mol. The van der Waals surface area contributed by atoms with Crippen LogP contribution in [0.25, 0.3) is 0 Å². The zero-order valence-electron chi connectivity index (χ0n) is 17.3. The predicted molar refractivity (Wildman–Crippen MR) is 117 cm³/mol. The van der Waals surface area contributed by atoms with Crippen molar-refractivity contribution in [2.75, 3.05) is 51.3 Å². The molecule has 0 unspecified atom stereocenters. The molecule has 1 aliphatic heterocycles. The Morgan fingerprint density at radius 2 is 1.72 bits per heavy atom. The minimum Gasteiger partial charge on any atom is -0.497 e. The number of rotatable bonds is 9. The molecule has 0 amide bonds. The van der Waals surface area contributed by atoms with Crippen LogP contribution in [-0.4, -0.2) is 59.7 Å². The van der Waals surface area contributed by atoms with Crippen LogP contribution >= 0.6 is 0 Å². The normalized spacial score (nSPS) is 15.4. The highest BCUT2D eigenvalue weighted by atomic mass is 32.2. The molecule has 2 aromatic rings. The van der Waals surface area contributed by atoms with Gasteiger partial charge in [-0.05, 0) is 68.3 Å². The van der Waals surface area contributed by atoms with Crippen LogP contribution in [0.1, 0.15) is 18.4 Å². The fourth-order valence-electron chi connectivity index (χ4n) is 3.56. The number of ether oxygens (including phenoxy) is 1. The molecule has 158 valence electrons. The number of hydrogen-bond acceptors (Lipinski definition) is 5. The maximum absolute atomic E-state index is 12.3. The van der Waals surface area contributed by atoms with E-state index in [0.717, 1.165) is 45.6 Å². The number of anilines is 1. The van der Waals surface area contributed by atoms with Gasteiger partial charge in [0, 0.05) is 38.4 Å². The lowest BCUT2D eigenvalue weighted by atomic mass is 10.2. The molecule has 1 N–H and O–H groups in total. The lowest BCUT2D eigenvalue weighted by Crippen LogP contribution is -2.46. The van der Waals surface area contributed by atoms with Crippen LogP contribution in [0.3, 0.4) is 0 Å². The molecule has 3 rings (SSSR count). The number of unbranched alkanes of at least 4 members (excludes halogenated alkanes) is 1. The first-order valence-electron chi connectivity index (χ1n) is 10.2. The summed E-state index contributed by atoms with van der Waals surface area (Å²) in [6.07, 6.45) is 1.81. The third-order valence-corrected chi connectivity index (χ3v) is 6.78. The van der Waals surface area contributed by atoms with Crippen molar-refractivity contribution in [1.82, 2.24) is 9.62 Å². The molecule has 0 bridgehead atoms. The fourth-order valence-corrected chi connectivity index (χ4v) is 4.63. The molecule has 0 atom stereocenters. The maximum atomic E-state index is 12.3. The SMILES string of the molecule is COc1ccc(S(=O)(=O)NCCCCN2CCN(c3cccc(C)c3)CC2)cc1. The molecule has 2 aromatic carbocycles. The van der Waals surface area contributed by atoms with Crippen LogP contribution in [0.15, 0.2) is 53.4 Å². The summed E-state index contributed by atoms with van der Waals surface area (Å²) in [5.41, 5.74) is 2.60. The molecule has 0 spiro atoms. The van der Waals surface area contributed by atoms with E-state index < -0.39 is 10.0 Å². The van der Waals surface area contributed by atoms with Crippen molar-refractivity contribution < 1.29 is 13.2 Å². The monoisotopic (exact) mass is 417 g/mol. The van der Waals surface area contributed by atoms with Crippen molar-refractivity contribution in [3.8, 4) is 5.75 Å². The Labute approximate surface area is 174 Å². The number of nitrogens with zero attached hydrogens (tertiary/aromatic N) is 2. The summed E-state index contributed by atoms with van der Waals surface area (Å²) in [5, 5.41) is 0. The Balaban J connectivity index is 1.35. The molecule has 1 aliphatic rings. The molecule has 1 saturated heterocycles. The van der Waals surface area contributed by atoms with Gasteiger partial charge >= 0.3 is 0 Å². The number of nitrogens with one attached hydrogen (secondary N) is 1. The lowest BCUT2D eigenvalue weighted by molar-refractivity contribution is 0.253. The van der Waals surface area contributed by atoms with E-state index in [-0.39, 0.29) is 4.90 Å². The van der Waals surface area contributed by atoms with Gasteiger partial charge in [0.15, 0.2) is 0 Å². The Hall–Kier alpha value is -2.09. The molecule has 1 heterocycles. The second-order valence-electron chi connectivity index (χ2n) is 7.45. The zero-order valence-corrected chi connectivity index (χ0v) is 18.1. The predicted octanol–water partition coefficient (Wildman–Crippen LogP) is 2.88. The van der Waals surface area contributed by atoms with E-state index in [1.165, 1.54) is 11.3 Å².